The number of benzene rings is 1. The Morgan fingerprint density at radius 1 is 1.19 bits per heavy atom. The van der Waals surface area contributed by atoms with Gasteiger partial charge in [-0.3, -0.25) is 4.79 Å². The number of sulfone groups is 1. The summed E-state index contributed by atoms with van der Waals surface area (Å²) in [5.74, 6) is -0.178. The van der Waals surface area contributed by atoms with Gasteiger partial charge in [0.2, 0.25) is 0 Å². The fourth-order valence-electron chi connectivity index (χ4n) is 2.75. The lowest BCUT2D eigenvalue weighted by atomic mass is 10.1. The van der Waals surface area contributed by atoms with Gasteiger partial charge in [-0.15, -0.1) is 0 Å². The molecule has 2 heterocycles. The number of nitrogens with one attached hydrogen (secondary N) is 2. The van der Waals surface area contributed by atoms with Crippen LogP contribution in [0.1, 0.15) is 22.3 Å². The van der Waals surface area contributed by atoms with E-state index in [4.69, 9.17) is 0 Å². The van der Waals surface area contributed by atoms with Gasteiger partial charge in [0.15, 0.2) is 9.84 Å². The molecule has 2 N–H and O–H groups in total. The van der Waals surface area contributed by atoms with E-state index in [9.17, 15) is 26.4 Å². The largest absolute Gasteiger partial charge is 0.416 e. The van der Waals surface area contributed by atoms with Gasteiger partial charge >= 0.3 is 6.18 Å². The second-order valence-corrected chi connectivity index (χ2v) is 8.44. The minimum atomic E-state index is -4.50. The van der Waals surface area contributed by atoms with E-state index in [0.717, 1.165) is 12.1 Å². The molecule has 2 aromatic rings. The van der Waals surface area contributed by atoms with E-state index in [0.29, 0.717) is 12.2 Å². The molecule has 1 fully saturated rings. The van der Waals surface area contributed by atoms with Crippen molar-refractivity contribution < 1.29 is 26.4 Å². The van der Waals surface area contributed by atoms with Crippen LogP contribution in [0.2, 0.25) is 0 Å². The molecule has 1 aliphatic heterocycles. The highest BCUT2D eigenvalue weighted by Gasteiger charge is 2.30. The standard InChI is InChI=1S/C17H16F3N3O3S/c18-17(19,20)12-2-1-3-13(9-12)23-16(24)11-4-6-21-15(8-11)22-14-5-7-27(25,26)10-14/h1-4,6,8-9,14H,5,7,10H2,(H,21,22)(H,23,24). The van der Waals surface area contributed by atoms with Crippen LogP contribution >= 0.6 is 0 Å². The van der Waals surface area contributed by atoms with Crippen molar-refractivity contribution >= 4 is 27.2 Å². The lowest BCUT2D eigenvalue weighted by molar-refractivity contribution is -0.137. The maximum absolute atomic E-state index is 12.8. The van der Waals surface area contributed by atoms with Crippen LogP contribution in [0.25, 0.3) is 0 Å². The van der Waals surface area contributed by atoms with Crippen LogP contribution in [0, 0.1) is 0 Å². The van der Waals surface area contributed by atoms with Crippen LogP contribution in [0.5, 0.6) is 0 Å². The molecule has 0 saturated carbocycles. The van der Waals surface area contributed by atoms with Crippen LogP contribution in [-0.4, -0.2) is 36.9 Å². The molecule has 0 radical (unpaired) electrons. The number of hydrogen-bond donors (Lipinski definition) is 2. The van der Waals surface area contributed by atoms with Gasteiger partial charge in [0.25, 0.3) is 5.91 Å². The average molecular weight is 399 g/mol. The number of hydrogen-bond acceptors (Lipinski definition) is 5. The summed E-state index contributed by atoms with van der Waals surface area (Å²) >= 11 is 0. The van der Waals surface area contributed by atoms with Crippen LogP contribution in [-0.2, 0) is 16.0 Å². The Bertz CT molecular complexity index is 961. The van der Waals surface area contributed by atoms with Crippen molar-refractivity contribution in [3.8, 4) is 0 Å². The molecule has 1 atom stereocenters. The summed E-state index contributed by atoms with van der Waals surface area (Å²) in [6.45, 7) is 0. The van der Waals surface area contributed by atoms with Crippen LogP contribution in [0.15, 0.2) is 42.6 Å². The molecule has 1 saturated heterocycles. The maximum Gasteiger partial charge on any atom is 0.416 e. The van der Waals surface area contributed by atoms with Crippen molar-refractivity contribution in [2.75, 3.05) is 22.1 Å². The van der Waals surface area contributed by atoms with Crippen molar-refractivity contribution in [2.45, 2.75) is 18.6 Å². The third kappa shape index (κ3) is 4.97. The first-order valence-electron chi connectivity index (χ1n) is 8.04. The smallest absolute Gasteiger partial charge is 0.366 e. The second kappa shape index (κ2) is 7.18. The normalized spacial score (nSPS) is 18.9. The van der Waals surface area contributed by atoms with Crippen molar-refractivity contribution in [3.05, 3.63) is 53.7 Å². The third-order valence-corrected chi connectivity index (χ3v) is 5.82. The van der Waals surface area contributed by atoms with E-state index in [1.54, 1.807) is 0 Å². The molecule has 1 aliphatic rings. The number of rotatable bonds is 4. The summed E-state index contributed by atoms with van der Waals surface area (Å²) in [6, 6.07) is 6.88. The Morgan fingerprint density at radius 2 is 1.96 bits per heavy atom. The Kier molecular flexibility index (Phi) is 5.09. The monoisotopic (exact) mass is 399 g/mol. The molecule has 6 nitrogen and oxygen atoms in total. The van der Waals surface area contributed by atoms with Crippen LogP contribution < -0.4 is 10.6 Å². The fraction of sp³-hybridized carbons (Fsp3) is 0.294. The Balaban J connectivity index is 1.71. The molecule has 1 unspecified atom stereocenters. The molecule has 10 heteroatoms. The number of carbonyl (C=O) groups is 1. The first-order chi connectivity index (χ1) is 12.6. The SMILES string of the molecule is O=C(Nc1cccc(C(F)(F)F)c1)c1ccnc(NC2CCS(=O)(=O)C2)c1. The first-order valence-corrected chi connectivity index (χ1v) is 9.86. The van der Waals surface area contributed by atoms with E-state index in [1.165, 1.54) is 30.5 Å². The quantitative estimate of drug-likeness (QED) is 0.825. The van der Waals surface area contributed by atoms with Crippen molar-refractivity contribution in [1.82, 2.24) is 4.98 Å². The zero-order chi connectivity index (χ0) is 19.7. The molecular formula is C17H16F3N3O3S. The van der Waals surface area contributed by atoms with E-state index in [2.05, 4.69) is 15.6 Å². The predicted molar refractivity (Wildman–Crippen MR) is 94.3 cm³/mol. The zero-order valence-corrected chi connectivity index (χ0v) is 14.8. The summed E-state index contributed by atoms with van der Waals surface area (Å²) in [5, 5.41) is 5.38. The second-order valence-electron chi connectivity index (χ2n) is 6.21. The summed E-state index contributed by atoms with van der Waals surface area (Å²) in [6.07, 6.45) is -2.69. The number of pyridine rings is 1. The molecule has 0 aliphatic carbocycles. The van der Waals surface area contributed by atoms with E-state index in [1.807, 2.05) is 0 Å². The summed E-state index contributed by atoms with van der Waals surface area (Å²) < 4.78 is 61.3. The van der Waals surface area contributed by atoms with Crippen molar-refractivity contribution in [2.24, 2.45) is 0 Å². The highest BCUT2D eigenvalue weighted by Crippen LogP contribution is 2.30. The van der Waals surface area contributed by atoms with Crippen LogP contribution in [0.3, 0.4) is 0 Å². The maximum atomic E-state index is 12.8. The highest BCUT2D eigenvalue weighted by molar-refractivity contribution is 7.91. The third-order valence-electron chi connectivity index (χ3n) is 4.05. The van der Waals surface area contributed by atoms with Gasteiger partial charge in [-0.05, 0) is 36.8 Å². The highest BCUT2D eigenvalue weighted by atomic mass is 32.2. The number of amides is 1. The zero-order valence-electron chi connectivity index (χ0n) is 14.0. The predicted octanol–water partition coefficient (Wildman–Crippen LogP) is 2.95. The Hall–Kier alpha value is -2.62. The van der Waals surface area contributed by atoms with E-state index < -0.39 is 27.5 Å². The minimum absolute atomic E-state index is 0.00462. The lowest BCUT2D eigenvalue weighted by Crippen LogP contribution is -2.21. The summed E-state index contributed by atoms with van der Waals surface area (Å²) in [4.78, 5) is 16.4. The number of nitrogens with zero attached hydrogens (tertiary/aromatic N) is 1. The molecule has 0 spiro atoms. The van der Waals surface area contributed by atoms with Crippen molar-refractivity contribution in [1.29, 1.82) is 0 Å². The van der Waals surface area contributed by atoms with E-state index >= 15 is 0 Å². The minimum Gasteiger partial charge on any atom is -0.366 e. The molecule has 1 amide bonds. The molecule has 1 aromatic heterocycles. The summed E-state index contributed by atoms with van der Waals surface area (Å²) in [5.41, 5.74) is -0.659. The van der Waals surface area contributed by atoms with Gasteiger partial charge in [-0.2, -0.15) is 13.2 Å². The topological polar surface area (TPSA) is 88.2 Å². The van der Waals surface area contributed by atoms with Gasteiger partial charge in [-0.25, -0.2) is 13.4 Å². The molecular weight excluding hydrogens is 383 g/mol. The average Bonchev–Trinajstić information content (AvgIpc) is 2.93. The van der Waals surface area contributed by atoms with Crippen molar-refractivity contribution in [3.63, 3.8) is 0 Å². The van der Waals surface area contributed by atoms with Gasteiger partial charge in [0.1, 0.15) is 5.82 Å². The molecule has 144 valence electrons. The number of alkyl halides is 3. The number of carbonyl (C=O) groups excluding carboxylic acids is 1. The van der Waals surface area contributed by atoms with Gasteiger partial charge in [-0.1, -0.05) is 6.07 Å². The van der Waals surface area contributed by atoms with Crippen LogP contribution in [0.4, 0.5) is 24.7 Å². The van der Waals surface area contributed by atoms with Gasteiger partial charge < -0.3 is 10.6 Å². The Labute approximate surface area is 153 Å². The number of aromatic nitrogens is 1. The number of anilines is 2. The fourth-order valence-corrected chi connectivity index (χ4v) is 4.42. The Morgan fingerprint density at radius 3 is 2.63 bits per heavy atom. The lowest BCUT2D eigenvalue weighted by Gasteiger charge is -2.13. The number of halogens is 3. The van der Waals surface area contributed by atoms with Gasteiger partial charge in [0, 0.05) is 23.5 Å². The molecule has 1 aromatic carbocycles. The van der Waals surface area contributed by atoms with E-state index in [-0.39, 0.29) is 28.8 Å². The summed E-state index contributed by atoms with van der Waals surface area (Å²) in [7, 11) is -3.06. The molecule has 3 rings (SSSR count). The first kappa shape index (κ1) is 19.2. The molecule has 27 heavy (non-hydrogen) atoms. The van der Waals surface area contributed by atoms with Gasteiger partial charge in [0.05, 0.1) is 17.1 Å². The molecule has 0 bridgehead atoms.